The third-order valence-corrected chi connectivity index (χ3v) is 3.74. The molecule has 0 saturated carbocycles. The zero-order chi connectivity index (χ0) is 13.9. The van der Waals surface area contributed by atoms with Crippen molar-refractivity contribution >= 4 is 0 Å². The summed E-state index contributed by atoms with van der Waals surface area (Å²) in [5.74, 6) is 0.447. The Balaban J connectivity index is 2.09. The van der Waals surface area contributed by atoms with Gasteiger partial charge in [-0.15, -0.1) is 0 Å². The fraction of sp³-hybridized carbons (Fsp3) is 0.643. The van der Waals surface area contributed by atoms with E-state index in [4.69, 9.17) is 10.5 Å². The lowest BCUT2D eigenvalue weighted by Crippen LogP contribution is -2.62. The molecule has 1 aromatic rings. The largest absolute Gasteiger partial charge is 0.297 e. The summed E-state index contributed by atoms with van der Waals surface area (Å²) in [5.41, 5.74) is 1.00. The number of nitriles is 2. The average Bonchev–Trinajstić information content (AvgIpc) is 2.81. The van der Waals surface area contributed by atoms with Crippen molar-refractivity contribution in [2.45, 2.75) is 38.1 Å². The molecule has 1 fully saturated rings. The average molecular weight is 257 g/mol. The Morgan fingerprint density at radius 2 is 2.11 bits per heavy atom. The maximum absolute atomic E-state index is 9.04. The third-order valence-electron chi connectivity index (χ3n) is 3.74. The molecular formula is C14H19N5. The van der Waals surface area contributed by atoms with Gasteiger partial charge in [-0.25, -0.2) is 0 Å². The van der Waals surface area contributed by atoms with E-state index >= 15 is 0 Å². The van der Waals surface area contributed by atoms with Gasteiger partial charge in [-0.1, -0.05) is 13.8 Å². The molecule has 2 heterocycles. The van der Waals surface area contributed by atoms with Crippen molar-refractivity contribution in [3.63, 3.8) is 0 Å². The minimum atomic E-state index is -0.197. The molecule has 0 spiro atoms. The summed E-state index contributed by atoms with van der Waals surface area (Å²) in [5, 5.41) is 22.1. The van der Waals surface area contributed by atoms with Gasteiger partial charge in [-0.3, -0.25) is 9.58 Å². The van der Waals surface area contributed by atoms with Crippen molar-refractivity contribution in [3.05, 3.63) is 18.0 Å². The molecule has 0 radical (unpaired) electrons. The Morgan fingerprint density at radius 3 is 2.63 bits per heavy atom. The highest BCUT2D eigenvalue weighted by atomic mass is 15.4. The van der Waals surface area contributed by atoms with E-state index in [1.807, 2.05) is 10.9 Å². The standard InChI is InChI=1S/C14H19N5/c1-12(2)13-8-17-19(9-13)14(4-6-16)10-18(11-14)7-3-5-15/h8-9,12H,3-4,7,10-11H2,1-2H3. The van der Waals surface area contributed by atoms with Crippen LogP contribution in [0.15, 0.2) is 12.4 Å². The van der Waals surface area contributed by atoms with Gasteiger partial charge in [0.15, 0.2) is 0 Å². The van der Waals surface area contributed by atoms with Gasteiger partial charge < -0.3 is 0 Å². The molecule has 0 N–H and O–H groups in total. The molecule has 0 atom stereocenters. The van der Waals surface area contributed by atoms with Crippen molar-refractivity contribution in [3.8, 4) is 12.1 Å². The molecule has 5 heteroatoms. The first kappa shape index (κ1) is 13.6. The Bertz CT molecular complexity index is 511. The lowest BCUT2D eigenvalue weighted by atomic mass is 9.86. The maximum Gasteiger partial charge on any atom is 0.101 e. The molecule has 100 valence electrons. The number of likely N-dealkylation sites (tertiary alicyclic amines) is 1. The maximum atomic E-state index is 9.04. The Hall–Kier alpha value is -1.85. The quantitative estimate of drug-likeness (QED) is 0.807. The Morgan fingerprint density at radius 1 is 1.37 bits per heavy atom. The smallest absolute Gasteiger partial charge is 0.101 e. The van der Waals surface area contributed by atoms with Gasteiger partial charge in [0.2, 0.25) is 0 Å². The van der Waals surface area contributed by atoms with Gasteiger partial charge in [0.25, 0.3) is 0 Å². The zero-order valence-corrected chi connectivity index (χ0v) is 11.5. The van der Waals surface area contributed by atoms with Gasteiger partial charge in [-0.2, -0.15) is 15.6 Å². The van der Waals surface area contributed by atoms with E-state index in [0.29, 0.717) is 18.8 Å². The van der Waals surface area contributed by atoms with Crippen LogP contribution in [0.2, 0.25) is 0 Å². The first-order chi connectivity index (χ1) is 9.11. The summed E-state index contributed by atoms with van der Waals surface area (Å²) >= 11 is 0. The van der Waals surface area contributed by atoms with Crippen molar-refractivity contribution < 1.29 is 0 Å². The van der Waals surface area contributed by atoms with Crippen molar-refractivity contribution in [1.29, 1.82) is 10.5 Å². The van der Waals surface area contributed by atoms with Crippen molar-refractivity contribution in [2.75, 3.05) is 19.6 Å². The van der Waals surface area contributed by atoms with Crippen molar-refractivity contribution in [1.82, 2.24) is 14.7 Å². The number of nitrogens with zero attached hydrogens (tertiary/aromatic N) is 5. The van der Waals surface area contributed by atoms with E-state index in [-0.39, 0.29) is 5.54 Å². The Labute approximate surface area is 114 Å². The first-order valence-electron chi connectivity index (χ1n) is 6.62. The summed E-state index contributed by atoms with van der Waals surface area (Å²) in [7, 11) is 0. The molecule has 1 aliphatic rings. The van der Waals surface area contributed by atoms with Crippen LogP contribution in [0.3, 0.4) is 0 Å². The van der Waals surface area contributed by atoms with E-state index in [1.54, 1.807) is 0 Å². The molecular weight excluding hydrogens is 238 g/mol. The highest BCUT2D eigenvalue weighted by Gasteiger charge is 2.45. The van der Waals surface area contributed by atoms with Crippen LogP contribution in [0.4, 0.5) is 0 Å². The fourth-order valence-electron chi connectivity index (χ4n) is 2.53. The van der Waals surface area contributed by atoms with Crippen LogP contribution in [0.5, 0.6) is 0 Å². The molecule has 5 nitrogen and oxygen atoms in total. The molecule has 0 aromatic carbocycles. The van der Waals surface area contributed by atoms with E-state index in [2.05, 4.69) is 42.2 Å². The van der Waals surface area contributed by atoms with Crippen LogP contribution >= 0.6 is 0 Å². The van der Waals surface area contributed by atoms with Gasteiger partial charge in [0.05, 0.1) is 24.8 Å². The number of aromatic nitrogens is 2. The highest BCUT2D eigenvalue weighted by molar-refractivity contribution is 5.14. The Kier molecular flexibility index (Phi) is 3.87. The predicted octanol–water partition coefficient (Wildman–Crippen LogP) is 1.84. The van der Waals surface area contributed by atoms with Gasteiger partial charge in [0.1, 0.15) is 5.54 Å². The van der Waals surface area contributed by atoms with Gasteiger partial charge >= 0.3 is 0 Å². The van der Waals surface area contributed by atoms with Crippen molar-refractivity contribution in [2.24, 2.45) is 0 Å². The third kappa shape index (κ3) is 2.62. The minimum absolute atomic E-state index is 0.197. The topological polar surface area (TPSA) is 68.6 Å². The number of hydrogen-bond donors (Lipinski definition) is 0. The summed E-state index contributed by atoms with van der Waals surface area (Å²) in [4.78, 5) is 2.21. The number of rotatable bonds is 5. The minimum Gasteiger partial charge on any atom is -0.297 e. The van der Waals surface area contributed by atoms with Crippen LogP contribution in [-0.4, -0.2) is 34.3 Å². The molecule has 0 unspecified atom stereocenters. The summed E-state index contributed by atoms with van der Waals surface area (Å²) in [6.45, 7) is 6.67. The molecule has 1 aromatic heterocycles. The molecule has 0 amide bonds. The molecule has 0 bridgehead atoms. The van der Waals surface area contributed by atoms with Crippen LogP contribution < -0.4 is 0 Å². The summed E-state index contributed by atoms with van der Waals surface area (Å²) in [6.07, 6.45) is 4.96. The zero-order valence-electron chi connectivity index (χ0n) is 11.5. The normalized spacial score (nSPS) is 17.7. The molecule has 2 rings (SSSR count). The fourth-order valence-corrected chi connectivity index (χ4v) is 2.53. The second-order valence-electron chi connectivity index (χ2n) is 5.55. The first-order valence-corrected chi connectivity index (χ1v) is 6.62. The number of hydrogen-bond acceptors (Lipinski definition) is 4. The SMILES string of the molecule is CC(C)c1cnn(C2(CC#N)CN(CCC#N)C2)c1. The van der Waals surface area contributed by atoms with Gasteiger partial charge in [-0.05, 0) is 11.5 Å². The van der Waals surface area contributed by atoms with Gasteiger partial charge in [0, 0.05) is 32.3 Å². The second kappa shape index (κ2) is 5.42. The van der Waals surface area contributed by atoms with E-state index in [0.717, 1.165) is 19.6 Å². The molecule has 0 aliphatic carbocycles. The van der Waals surface area contributed by atoms with E-state index in [1.165, 1.54) is 5.56 Å². The van der Waals surface area contributed by atoms with Crippen LogP contribution in [0, 0.1) is 22.7 Å². The van der Waals surface area contributed by atoms with E-state index in [9.17, 15) is 0 Å². The summed E-state index contributed by atoms with van der Waals surface area (Å²) in [6, 6.07) is 4.43. The van der Waals surface area contributed by atoms with Crippen LogP contribution in [0.25, 0.3) is 0 Å². The van der Waals surface area contributed by atoms with E-state index < -0.39 is 0 Å². The summed E-state index contributed by atoms with van der Waals surface area (Å²) < 4.78 is 1.95. The monoisotopic (exact) mass is 257 g/mol. The van der Waals surface area contributed by atoms with Crippen LogP contribution in [0.1, 0.15) is 38.2 Å². The lowest BCUT2D eigenvalue weighted by molar-refractivity contribution is 0.00693. The predicted molar refractivity (Wildman–Crippen MR) is 71.2 cm³/mol. The lowest BCUT2D eigenvalue weighted by Gasteiger charge is -2.49. The molecule has 19 heavy (non-hydrogen) atoms. The van der Waals surface area contributed by atoms with Crippen LogP contribution in [-0.2, 0) is 5.54 Å². The highest BCUT2D eigenvalue weighted by Crippen LogP contribution is 2.32. The molecule has 1 aliphatic heterocycles. The second-order valence-corrected chi connectivity index (χ2v) is 5.55. The molecule has 1 saturated heterocycles.